The van der Waals surface area contributed by atoms with Gasteiger partial charge in [-0.05, 0) is 40.6 Å². The molecule has 1 N–H and O–H groups in total. The van der Waals surface area contributed by atoms with Gasteiger partial charge in [-0.1, -0.05) is 66.2 Å². The van der Waals surface area contributed by atoms with Crippen LogP contribution in [-0.4, -0.2) is 5.91 Å². The van der Waals surface area contributed by atoms with Gasteiger partial charge in [-0.25, -0.2) is 0 Å². The van der Waals surface area contributed by atoms with Crippen LogP contribution in [-0.2, 0) is 11.3 Å². The van der Waals surface area contributed by atoms with Crippen LogP contribution in [0, 0.1) is 11.3 Å². The zero-order valence-corrected chi connectivity index (χ0v) is 16.7. The van der Waals surface area contributed by atoms with Crippen LogP contribution in [0.25, 0.3) is 28.2 Å². The highest BCUT2D eigenvalue weighted by Gasteiger charge is 2.12. The maximum absolute atomic E-state index is 12.5. The van der Waals surface area contributed by atoms with Crippen LogP contribution < -0.4 is 5.32 Å². The lowest BCUT2D eigenvalue weighted by Gasteiger charge is -2.08. The molecular weight excluding hydrogens is 396 g/mol. The molecule has 30 heavy (non-hydrogen) atoms. The zero-order chi connectivity index (χ0) is 20.9. The topological polar surface area (TPSA) is 66.0 Å². The predicted molar refractivity (Wildman–Crippen MR) is 119 cm³/mol. The molecule has 0 aliphatic rings. The minimum absolute atomic E-state index is 0.0257. The largest absolute Gasteiger partial charge is 0.457 e. The maximum Gasteiger partial charge on any atom is 0.262 e. The molecule has 4 rings (SSSR count). The number of nitriles is 1. The fourth-order valence-corrected chi connectivity index (χ4v) is 3.43. The van der Waals surface area contributed by atoms with Crippen LogP contribution in [0.2, 0.25) is 5.02 Å². The van der Waals surface area contributed by atoms with Crippen molar-refractivity contribution in [1.82, 2.24) is 5.32 Å². The molecule has 4 aromatic rings. The van der Waals surface area contributed by atoms with Gasteiger partial charge in [-0.2, -0.15) is 5.26 Å². The van der Waals surface area contributed by atoms with Gasteiger partial charge in [0.15, 0.2) is 0 Å². The Balaban J connectivity index is 1.50. The number of furan rings is 1. The van der Waals surface area contributed by atoms with E-state index in [9.17, 15) is 10.1 Å². The van der Waals surface area contributed by atoms with Gasteiger partial charge in [0.05, 0.1) is 0 Å². The number of nitrogens with one attached hydrogen (secondary N) is 1. The van der Waals surface area contributed by atoms with E-state index in [0.717, 1.165) is 21.9 Å². The van der Waals surface area contributed by atoms with Crippen LogP contribution in [0.1, 0.15) is 11.3 Å². The van der Waals surface area contributed by atoms with E-state index in [4.69, 9.17) is 16.0 Å². The lowest BCUT2D eigenvalue weighted by molar-refractivity contribution is -0.117. The Labute approximate surface area is 179 Å². The van der Waals surface area contributed by atoms with Crippen LogP contribution in [0.15, 0.2) is 88.9 Å². The van der Waals surface area contributed by atoms with Crippen molar-refractivity contribution in [2.24, 2.45) is 0 Å². The number of benzene rings is 3. The van der Waals surface area contributed by atoms with Crippen molar-refractivity contribution in [2.75, 3.05) is 0 Å². The third kappa shape index (κ3) is 4.27. The quantitative estimate of drug-likeness (QED) is 0.324. The van der Waals surface area contributed by atoms with E-state index in [1.54, 1.807) is 24.3 Å². The molecule has 1 aromatic heterocycles. The molecule has 3 aromatic carbocycles. The van der Waals surface area contributed by atoms with Crippen molar-refractivity contribution in [3.63, 3.8) is 0 Å². The summed E-state index contributed by atoms with van der Waals surface area (Å²) in [4.78, 5) is 12.5. The first kappa shape index (κ1) is 19.5. The average molecular weight is 413 g/mol. The first-order valence-corrected chi connectivity index (χ1v) is 9.74. The molecule has 0 saturated carbocycles. The van der Waals surface area contributed by atoms with E-state index in [1.807, 2.05) is 60.7 Å². The third-order valence-corrected chi connectivity index (χ3v) is 4.94. The number of rotatable bonds is 5. The van der Waals surface area contributed by atoms with Crippen molar-refractivity contribution in [3.8, 4) is 17.4 Å². The molecule has 4 nitrogen and oxygen atoms in total. The molecule has 1 heterocycles. The van der Waals surface area contributed by atoms with E-state index in [-0.39, 0.29) is 5.57 Å². The minimum atomic E-state index is -0.453. The first-order chi connectivity index (χ1) is 14.6. The van der Waals surface area contributed by atoms with Crippen molar-refractivity contribution in [1.29, 1.82) is 5.26 Å². The Morgan fingerprint density at radius 2 is 1.83 bits per heavy atom. The van der Waals surface area contributed by atoms with Gasteiger partial charge in [-0.3, -0.25) is 4.79 Å². The molecule has 0 aliphatic heterocycles. The monoisotopic (exact) mass is 412 g/mol. The smallest absolute Gasteiger partial charge is 0.262 e. The summed E-state index contributed by atoms with van der Waals surface area (Å²) in [5, 5.41) is 15.0. The number of carbonyl (C=O) groups is 1. The van der Waals surface area contributed by atoms with Crippen LogP contribution in [0.5, 0.6) is 0 Å². The Morgan fingerprint density at radius 3 is 2.67 bits per heavy atom. The van der Waals surface area contributed by atoms with E-state index in [1.165, 1.54) is 6.08 Å². The van der Waals surface area contributed by atoms with E-state index >= 15 is 0 Å². The molecule has 1 amide bonds. The van der Waals surface area contributed by atoms with Crippen LogP contribution >= 0.6 is 11.6 Å². The molecule has 0 fully saturated rings. The number of fused-ring (bicyclic) bond motifs is 1. The summed E-state index contributed by atoms with van der Waals surface area (Å²) in [7, 11) is 0. The van der Waals surface area contributed by atoms with E-state index in [0.29, 0.717) is 23.1 Å². The van der Waals surface area contributed by atoms with Gasteiger partial charge >= 0.3 is 0 Å². The second kappa shape index (κ2) is 8.69. The number of amides is 1. The number of hydrogen-bond donors (Lipinski definition) is 1. The first-order valence-electron chi connectivity index (χ1n) is 9.36. The Morgan fingerprint density at radius 1 is 1.03 bits per heavy atom. The Bertz CT molecular complexity index is 1290. The van der Waals surface area contributed by atoms with E-state index < -0.39 is 5.91 Å². The summed E-state index contributed by atoms with van der Waals surface area (Å²) in [6.07, 6.45) is 1.44. The lowest BCUT2D eigenvalue weighted by Crippen LogP contribution is -2.24. The summed E-state index contributed by atoms with van der Waals surface area (Å²) in [6, 6.07) is 26.6. The minimum Gasteiger partial charge on any atom is -0.457 e. The molecule has 5 heteroatoms. The number of nitrogens with zero attached hydrogens (tertiary/aromatic N) is 1. The van der Waals surface area contributed by atoms with Gasteiger partial charge in [0.1, 0.15) is 23.2 Å². The third-order valence-electron chi connectivity index (χ3n) is 4.71. The molecular formula is C25H17ClN2O2. The van der Waals surface area contributed by atoms with Crippen molar-refractivity contribution in [3.05, 3.63) is 101 Å². The highest BCUT2D eigenvalue weighted by molar-refractivity contribution is 6.30. The predicted octanol–water partition coefficient (Wildman–Crippen LogP) is 5.98. The van der Waals surface area contributed by atoms with Crippen molar-refractivity contribution < 1.29 is 9.21 Å². The highest BCUT2D eigenvalue weighted by Crippen LogP contribution is 2.26. The highest BCUT2D eigenvalue weighted by atomic mass is 35.5. The standard InChI is InChI=1S/C25H17ClN2O2/c26-21-9-4-7-18(13-21)24-12-11-22(30-24)14-20(15-27)25(29)28-16-19-8-3-6-17-5-1-2-10-23(17)19/h1-14H,16H2,(H,28,29). The zero-order valence-electron chi connectivity index (χ0n) is 15.9. The van der Waals surface area contributed by atoms with Gasteiger partial charge in [0, 0.05) is 23.2 Å². The molecule has 0 unspecified atom stereocenters. The summed E-state index contributed by atoms with van der Waals surface area (Å²) >= 11 is 6.02. The number of hydrogen-bond acceptors (Lipinski definition) is 3. The SMILES string of the molecule is N#CC(=Cc1ccc(-c2cccc(Cl)c2)o1)C(=O)NCc1cccc2ccccc12. The molecule has 0 radical (unpaired) electrons. The summed E-state index contributed by atoms with van der Waals surface area (Å²) in [6.45, 7) is 0.325. The second-order valence-electron chi connectivity index (χ2n) is 6.70. The van der Waals surface area contributed by atoms with Crippen LogP contribution in [0.4, 0.5) is 0 Å². The Kier molecular flexibility index (Phi) is 5.65. The van der Waals surface area contributed by atoms with Crippen molar-refractivity contribution >= 4 is 34.4 Å². The molecule has 146 valence electrons. The second-order valence-corrected chi connectivity index (χ2v) is 7.14. The molecule has 0 saturated heterocycles. The summed E-state index contributed by atoms with van der Waals surface area (Å²) in [5.74, 6) is 0.574. The lowest BCUT2D eigenvalue weighted by atomic mass is 10.0. The van der Waals surface area contributed by atoms with Gasteiger partial charge < -0.3 is 9.73 Å². The fourth-order valence-electron chi connectivity index (χ4n) is 3.24. The number of halogens is 1. The van der Waals surface area contributed by atoms with E-state index in [2.05, 4.69) is 5.32 Å². The Hall–Kier alpha value is -3.81. The molecule has 0 atom stereocenters. The fraction of sp³-hybridized carbons (Fsp3) is 0.0400. The van der Waals surface area contributed by atoms with Gasteiger partial charge in [0.25, 0.3) is 5.91 Å². The average Bonchev–Trinajstić information content (AvgIpc) is 3.24. The number of carbonyl (C=O) groups excluding carboxylic acids is 1. The summed E-state index contributed by atoms with van der Waals surface area (Å²) < 4.78 is 5.76. The summed E-state index contributed by atoms with van der Waals surface area (Å²) in [5.41, 5.74) is 1.78. The maximum atomic E-state index is 12.5. The van der Waals surface area contributed by atoms with Crippen LogP contribution in [0.3, 0.4) is 0 Å². The van der Waals surface area contributed by atoms with Gasteiger partial charge in [0.2, 0.25) is 0 Å². The van der Waals surface area contributed by atoms with Crippen molar-refractivity contribution in [2.45, 2.75) is 6.54 Å². The normalized spacial score (nSPS) is 11.3. The van der Waals surface area contributed by atoms with Gasteiger partial charge in [-0.15, -0.1) is 0 Å². The molecule has 0 aliphatic carbocycles. The molecule has 0 spiro atoms. The molecule has 0 bridgehead atoms.